The molecule has 6 atom stereocenters. The number of anilines is 1. The Balaban J connectivity index is 1.08. The first kappa shape index (κ1) is 27.5. The van der Waals surface area contributed by atoms with Crippen LogP contribution in [0, 0.1) is 23.7 Å². The van der Waals surface area contributed by atoms with Gasteiger partial charge in [0.15, 0.2) is 12.4 Å². The molecule has 3 aromatic carbocycles. The Morgan fingerprint density at radius 1 is 0.732 bits per heavy atom. The summed E-state index contributed by atoms with van der Waals surface area (Å²) in [4.78, 5) is 65.7. The van der Waals surface area contributed by atoms with Gasteiger partial charge in [0.2, 0.25) is 11.8 Å². The number of rotatable bonds is 7. The fraction of sp³-hybridized carbons (Fsp3) is 0.258. The lowest BCUT2D eigenvalue weighted by Crippen LogP contribution is -2.37. The van der Waals surface area contributed by atoms with Gasteiger partial charge in [-0.05, 0) is 72.9 Å². The average Bonchev–Trinajstić information content (AvgIpc) is 3.61. The predicted molar refractivity (Wildman–Crippen MR) is 155 cm³/mol. The Bertz CT molecular complexity index is 1530. The molecule has 2 bridgehead atoms. The zero-order valence-electron chi connectivity index (χ0n) is 21.4. The van der Waals surface area contributed by atoms with E-state index < -0.39 is 24.3 Å². The number of imide groups is 1. The van der Waals surface area contributed by atoms with Gasteiger partial charge < -0.3 is 9.47 Å². The van der Waals surface area contributed by atoms with E-state index in [-0.39, 0.29) is 62.0 Å². The number of carbonyl (C=O) groups excluding carboxylic acids is 5. The molecule has 2 saturated carbocycles. The maximum absolute atomic E-state index is 13.3. The molecule has 41 heavy (non-hydrogen) atoms. The van der Waals surface area contributed by atoms with Crippen LogP contribution in [0.25, 0.3) is 0 Å². The molecule has 1 aliphatic heterocycles. The summed E-state index contributed by atoms with van der Waals surface area (Å²) in [6.45, 7) is -0.513. The summed E-state index contributed by atoms with van der Waals surface area (Å²) in [5.74, 6) is -2.51. The van der Waals surface area contributed by atoms with E-state index in [0.29, 0.717) is 11.3 Å². The Hall–Kier alpha value is -3.63. The minimum atomic E-state index is -0.756. The molecule has 3 aliphatic rings. The molecule has 0 aromatic heterocycles. The van der Waals surface area contributed by atoms with Gasteiger partial charge in [0.05, 0.1) is 28.7 Å². The third-order valence-corrected chi connectivity index (χ3v) is 11.3. The number of nitrogens with zero attached hydrogens (tertiary/aromatic N) is 1. The lowest BCUT2D eigenvalue weighted by molar-refractivity contribution is -0.123. The highest BCUT2D eigenvalue weighted by atomic mass is 79.9. The highest BCUT2D eigenvalue weighted by molar-refractivity contribution is 9.12. The van der Waals surface area contributed by atoms with E-state index in [1.54, 1.807) is 42.5 Å². The Morgan fingerprint density at radius 3 is 1.98 bits per heavy atom. The van der Waals surface area contributed by atoms with Crippen LogP contribution >= 0.6 is 31.9 Å². The number of ketones is 1. The molecule has 2 amide bonds. The monoisotopic (exact) mass is 679 g/mol. The minimum Gasteiger partial charge on any atom is -0.454 e. The second kappa shape index (κ2) is 11.0. The minimum absolute atomic E-state index is 0.0833. The third-order valence-electron chi connectivity index (χ3n) is 8.06. The van der Waals surface area contributed by atoms with E-state index >= 15 is 0 Å². The topological polar surface area (TPSA) is 107 Å². The fourth-order valence-electron chi connectivity index (χ4n) is 6.12. The first-order valence-corrected chi connectivity index (χ1v) is 14.9. The van der Waals surface area contributed by atoms with Crippen LogP contribution in [-0.2, 0) is 14.3 Å². The lowest BCUT2D eigenvalue weighted by atomic mass is 9.81. The van der Waals surface area contributed by atoms with Crippen LogP contribution in [0.15, 0.2) is 78.9 Å². The van der Waals surface area contributed by atoms with Crippen molar-refractivity contribution >= 4 is 67.1 Å². The Morgan fingerprint density at radius 2 is 1.34 bits per heavy atom. The molecule has 6 unspecified atom stereocenters. The largest absolute Gasteiger partial charge is 0.454 e. The van der Waals surface area contributed by atoms with E-state index in [9.17, 15) is 24.0 Å². The molecular weight excluding hydrogens is 658 g/mol. The van der Waals surface area contributed by atoms with Crippen LogP contribution in [0.2, 0.25) is 0 Å². The SMILES string of the molecule is O=C(COC(=O)c1cccc(N2C(=O)C3C4CC(C(Br)C4Br)C3C2=O)c1)c1ccc(OC(=O)c2ccccc2)cc1. The van der Waals surface area contributed by atoms with E-state index in [4.69, 9.17) is 9.47 Å². The normalized spacial score (nSPS) is 26.1. The van der Waals surface area contributed by atoms with Crippen molar-refractivity contribution in [2.75, 3.05) is 11.5 Å². The molecule has 3 aromatic rings. The van der Waals surface area contributed by atoms with Crippen LogP contribution in [0.4, 0.5) is 5.69 Å². The molecule has 208 valence electrons. The molecule has 0 radical (unpaired) electrons. The van der Waals surface area contributed by atoms with Crippen LogP contribution < -0.4 is 9.64 Å². The number of alkyl halides is 2. The number of Topliss-reactive ketones (excluding diaryl/α,β-unsaturated/α-hetero) is 1. The van der Waals surface area contributed by atoms with E-state index in [1.165, 1.54) is 41.3 Å². The van der Waals surface area contributed by atoms with Gasteiger partial charge in [-0.1, -0.05) is 56.1 Å². The molecule has 2 aliphatic carbocycles. The van der Waals surface area contributed by atoms with Crippen molar-refractivity contribution < 1.29 is 33.4 Å². The molecule has 8 nitrogen and oxygen atoms in total. The summed E-state index contributed by atoms with van der Waals surface area (Å²) >= 11 is 7.36. The fourth-order valence-corrected chi connectivity index (χ4v) is 8.00. The van der Waals surface area contributed by atoms with Gasteiger partial charge in [-0.25, -0.2) is 9.59 Å². The molecule has 10 heteroatoms. The van der Waals surface area contributed by atoms with Crippen molar-refractivity contribution in [2.45, 2.75) is 16.1 Å². The van der Waals surface area contributed by atoms with E-state index in [0.717, 1.165) is 6.42 Å². The third kappa shape index (κ3) is 4.93. The number of hydrogen-bond acceptors (Lipinski definition) is 7. The van der Waals surface area contributed by atoms with Crippen molar-refractivity contribution in [3.63, 3.8) is 0 Å². The molecule has 3 fully saturated rings. The zero-order chi connectivity index (χ0) is 28.8. The maximum Gasteiger partial charge on any atom is 0.343 e. The van der Waals surface area contributed by atoms with Crippen molar-refractivity contribution in [3.8, 4) is 5.75 Å². The second-order valence-electron chi connectivity index (χ2n) is 10.3. The number of esters is 2. The lowest BCUT2D eigenvalue weighted by Gasteiger charge is -2.28. The van der Waals surface area contributed by atoms with Crippen LogP contribution in [0.3, 0.4) is 0 Å². The highest BCUT2D eigenvalue weighted by Gasteiger charge is 2.66. The summed E-state index contributed by atoms with van der Waals surface area (Å²) in [5, 5.41) is 0. The second-order valence-corrected chi connectivity index (χ2v) is 12.5. The van der Waals surface area contributed by atoms with Crippen LogP contribution in [0.5, 0.6) is 5.75 Å². The summed E-state index contributed by atoms with van der Waals surface area (Å²) in [7, 11) is 0. The first-order valence-electron chi connectivity index (χ1n) is 13.1. The maximum atomic E-state index is 13.3. The number of amides is 2. The van der Waals surface area contributed by atoms with Gasteiger partial charge in [-0.15, -0.1) is 0 Å². The first-order chi connectivity index (χ1) is 19.7. The summed E-state index contributed by atoms with van der Waals surface area (Å²) in [6, 6.07) is 20.6. The molecule has 1 saturated heterocycles. The van der Waals surface area contributed by atoms with Crippen molar-refractivity contribution in [1.29, 1.82) is 0 Å². The summed E-state index contributed by atoms with van der Waals surface area (Å²) in [5.41, 5.74) is 1.11. The number of fused-ring (bicyclic) bond motifs is 5. The number of hydrogen-bond donors (Lipinski definition) is 0. The predicted octanol–water partition coefficient (Wildman–Crippen LogP) is 5.23. The highest BCUT2D eigenvalue weighted by Crippen LogP contribution is 2.60. The summed E-state index contributed by atoms with van der Waals surface area (Å²) < 4.78 is 10.6. The van der Waals surface area contributed by atoms with E-state index in [1.807, 2.05) is 0 Å². The number of ether oxygens (including phenoxy) is 2. The van der Waals surface area contributed by atoms with Gasteiger partial charge in [0.25, 0.3) is 0 Å². The molecule has 1 heterocycles. The van der Waals surface area contributed by atoms with E-state index in [2.05, 4.69) is 31.9 Å². The molecule has 0 spiro atoms. The average molecular weight is 681 g/mol. The van der Waals surface area contributed by atoms with Crippen molar-refractivity contribution in [1.82, 2.24) is 0 Å². The number of benzene rings is 3. The van der Waals surface area contributed by atoms with Gasteiger partial charge in [0.1, 0.15) is 5.75 Å². The van der Waals surface area contributed by atoms with Gasteiger partial charge in [-0.2, -0.15) is 0 Å². The standard InChI is InChI=1S/C31H23Br2NO7/c32-26-21-14-22(27(26)33)25-24(21)28(36)34(29(25)37)19-8-4-7-18(13-19)30(38)40-15-23(35)16-9-11-20(12-10-16)41-31(39)17-5-2-1-3-6-17/h1-13,21-22,24-27H,14-15H2. The van der Waals surface area contributed by atoms with Crippen LogP contribution in [0.1, 0.15) is 37.5 Å². The van der Waals surface area contributed by atoms with Gasteiger partial charge in [-0.3, -0.25) is 19.3 Å². The Kier molecular flexibility index (Phi) is 7.37. The Labute approximate surface area is 252 Å². The van der Waals surface area contributed by atoms with Crippen LogP contribution in [-0.4, -0.2) is 45.8 Å². The smallest absolute Gasteiger partial charge is 0.343 e. The molecule has 0 N–H and O–H groups in total. The quantitative estimate of drug-likeness (QED) is 0.111. The zero-order valence-corrected chi connectivity index (χ0v) is 24.6. The number of carbonyl (C=O) groups is 5. The van der Waals surface area contributed by atoms with Crippen molar-refractivity contribution in [2.24, 2.45) is 23.7 Å². The van der Waals surface area contributed by atoms with Crippen molar-refractivity contribution in [3.05, 3.63) is 95.6 Å². The summed E-state index contributed by atoms with van der Waals surface area (Å²) in [6.07, 6.45) is 0.828. The molecule has 6 rings (SSSR count). The van der Waals surface area contributed by atoms with Gasteiger partial charge >= 0.3 is 11.9 Å². The number of halogens is 2. The van der Waals surface area contributed by atoms with Gasteiger partial charge in [0, 0.05) is 15.2 Å². The molecular formula is C31H23Br2NO7.